The molecule has 4 aromatic rings. The van der Waals surface area contributed by atoms with Gasteiger partial charge in [0.05, 0.1) is 28.6 Å². The number of carbonyl (C=O) groups excluding carboxylic acids is 2. The number of likely N-dealkylation sites (tertiary alicyclic amines) is 2. The molecular formula is C42H52ClFN8O2. The number of imidazole rings is 1. The second kappa shape index (κ2) is 14.9. The Morgan fingerprint density at radius 3 is 2.43 bits per heavy atom. The second-order valence-electron chi connectivity index (χ2n) is 16.3. The number of para-hydroxylation sites is 1. The van der Waals surface area contributed by atoms with Crippen molar-refractivity contribution in [1.82, 2.24) is 29.7 Å². The molecular weight excluding hydrogens is 703 g/mol. The van der Waals surface area contributed by atoms with Crippen molar-refractivity contribution in [3.63, 3.8) is 0 Å². The van der Waals surface area contributed by atoms with Crippen LogP contribution in [0, 0.1) is 11.7 Å². The van der Waals surface area contributed by atoms with E-state index in [2.05, 4.69) is 57.0 Å². The van der Waals surface area contributed by atoms with Crippen LogP contribution in [-0.2, 0) is 15.0 Å². The van der Waals surface area contributed by atoms with Gasteiger partial charge in [-0.05, 0) is 121 Å². The molecule has 1 saturated carbocycles. The first-order valence-electron chi connectivity index (χ1n) is 19.9. The number of hydrogen-bond donors (Lipinski definition) is 2. The van der Waals surface area contributed by atoms with E-state index in [1.807, 2.05) is 17.3 Å². The third kappa shape index (κ3) is 6.35. The molecule has 1 spiro atoms. The van der Waals surface area contributed by atoms with Crippen LogP contribution in [-0.4, -0.2) is 87.5 Å². The molecule has 5 aliphatic rings. The van der Waals surface area contributed by atoms with Gasteiger partial charge < -0.3 is 29.9 Å². The average Bonchev–Trinajstić information content (AvgIpc) is 3.70. The van der Waals surface area contributed by atoms with Crippen LogP contribution in [0.25, 0.3) is 22.3 Å². The summed E-state index contributed by atoms with van der Waals surface area (Å²) in [5.41, 5.74) is 4.95. The number of carbonyl (C=O) groups is 2. The topological polar surface area (TPSA) is 98.6 Å². The fourth-order valence-electron chi connectivity index (χ4n) is 9.76. The molecule has 12 heteroatoms. The number of nitrogens with zero attached hydrogens (tertiary/aromatic N) is 6. The first-order valence-corrected chi connectivity index (χ1v) is 19.9. The van der Waals surface area contributed by atoms with E-state index in [-0.39, 0.29) is 48.0 Å². The molecule has 2 aromatic heterocycles. The van der Waals surface area contributed by atoms with E-state index < -0.39 is 5.41 Å². The van der Waals surface area contributed by atoms with E-state index >= 15 is 0 Å². The van der Waals surface area contributed by atoms with Crippen molar-refractivity contribution >= 4 is 52.4 Å². The first-order chi connectivity index (χ1) is 25.8. The number of anilines is 3. The summed E-state index contributed by atoms with van der Waals surface area (Å²) < 4.78 is 17.0. The molecule has 9 rings (SSSR count). The SMILES string of the molecule is CC(C)n1cnc2cc(-c3ccc4c(c3)N([C@H]3C[C@@H](N5CCCCC5)C3)C(=O)C43CCN(C(=O)C4CCNCC4)CC3)nc(Nc3ccccc3F)c21.Cl. The van der Waals surface area contributed by atoms with Crippen LogP contribution in [0.5, 0.6) is 0 Å². The number of aromatic nitrogens is 3. The highest BCUT2D eigenvalue weighted by molar-refractivity contribution is 6.09. The Labute approximate surface area is 323 Å². The Hall–Kier alpha value is -4.06. The lowest BCUT2D eigenvalue weighted by Crippen LogP contribution is -2.58. The van der Waals surface area contributed by atoms with Crippen LogP contribution >= 0.6 is 12.4 Å². The summed E-state index contributed by atoms with van der Waals surface area (Å²) in [5, 5.41) is 6.65. The largest absolute Gasteiger partial charge is 0.342 e. The normalized spacial score (nSPS) is 23.1. The number of piperidine rings is 3. The van der Waals surface area contributed by atoms with Crippen LogP contribution in [0.2, 0.25) is 0 Å². The highest BCUT2D eigenvalue weighted by Gasteiger charge is 2.56. The van der Waals surface area contributed by atoms with Crippen molar-refractivity contribution in [2.45, 2.75) is 95.2 Å². The van der Waals surface area contributed by atoms with Crippen LogP contribution in [0.15, 0.2) is 54.9 Å². The van der Waals surface area contributed by atoms with Crippen molar-refractivity contribution < 1.29 is 14.0 Å². The molecule has 10 nitrogen and oxygen atoms in total. The molecule has 0 atom stereocenters. The molecule has 1 aliphatic carbocycles. The van der Waals surface area contributed by atoms with Gasteiger partial charge in [-0.3, -0.25) is 9.59 Å². The summed E-state index contributed by atoms with van der Waals surface area (Å²) >= 11 is 0. The van der Waals surface area contributed by atoms with E-state index in [0.717, 1.165) is 79.7 Å². The van der Waals surface area contributed by atoms with Crippen LogP contribution < -0.4 is 15.5 Å². The van der Waals surface area contributed by atoms with E-state index in [1.165, 1.54) is 25.3 Å². The lowest BCUT2D eigenvalue weighted by molar-refractivity contribution is -0.140. The van der Waals surface area contributed by atoms with Gasteiger partial charge in [-0.1, -0.05) is 30.7 Å². The number of hydrogen-bond acceptors (Lipinski definition) is 7. The van der Waals surface area contributed by atoms with Crippen LogP contribution in [0.1, 0.15) is 83.2 Å². The zero-order valence-electron chi connectivity index (χ0n) is 31.4. The summed E-state index contributed by atoms with van der Waals surface area (Å²) in [5.74, 6) is 0.706. The fourth-order valence-corrected chi connectivity index (χ4v) is 9.76. The number of nitrogens with one attached hydrogen (secondary N) is 2. The quantitative estimate of drug-likeness (QED) is 0.206. The van der Waals surface area contributed by atoms with Crippen molar-refractivity contribution in [2.75, 3.05) is 49.5 Å². The maximum atomic E-state index is 14.9. The Morgan fingerprint density at radius 1 is 0.963 bits per heavy atom. The first kappa shape index (κ1) is 36.9. The molecule has 54 heavy (non-hydrogen) atoms. The molecule has 286 valence electrons. The Bertz CT molecular complexity index is 2030. The Kier molecular flexibility index (Phi) is 10.2. The monoisotopic (exact) mass is 754 g/mol. The zero-order chi connectivity index (χ0) is 36.3. The standard InChI is InChI=1S/C42H51FN8O2.ClH/c1-27(2)50-26-45-36-25-35(47-39(38(36)50)46-34-9-5-4-8-33(34)43)29-10-11-32-37(22-29)51(31-23-30(24-31)48-18-6-3-7-19-48)41(53)42(32)14-20-49(21-15-42)40(52)28-12-16-44-17-13-28;/h4-5,8-11,22,25-28,30-31,44H,3,6-7,12-21,23-24H2,1-2H3,(H,46,47);1H/t30-,31+;. The maximum Gasteiger partial charge on any atom is 0.238 e. The summed E-state index contributed by atoms with van der Waals surface area (Å²) in [7, 11) is 0. The molecule has 2 amide bonds. The van der Waals surface area contributed by atoms with Gasteiger partial charge in [0.1, 0.15) is 11.3 Å². The zero-order valence-corrected chi connectivity index (χ0v) is 32.2. The van der Waals surface area contributed by atoms with Crippen LogP contribution in [0.4, 0.5) is 21.6 Å². The summed E-state index contributed by atoms with van der Waals surface area (Å²) in [6, 6.07) is 15.8. The van der Waals surface area contributed by atoms with E-state index in [0.29, 0.717) is 49.2 Å². The third-order valence-corrected chi connectivity index (χ3v) is 12.9. The van der Waals surface area contributed by atoms with Gasteiger partial charge in [0.15, 0.2) is 5.82 Å². The van der Waals surface area contributed by atoms with Crippen molar-refractivity contribution in [3.8, 4) is 11.3 Å². The smallest absolute Gasteiger partial charge is 0.238 e. The number of fused-ring (bicyclic) bond motifs is 3. The number of benzene rings is 2. The molecule has 2 aromatic carbocycles. The third-order valence-electron chi connectivity index (χ3n) is 12.9. The van der Waals surface area contributed by atoms with Gasteiger partial charge in [-0.15, -0.1) is 12.4 Å². The minimum absolute atomic E-state index is 0. The molecule has 4 fully saturated rings. The number of pyridine rings is 1. The second-order valence-corrected chi connectivity index (χ2v) is 16.3. The van der Waals surface area contributed by atoms with Crippen molar-refractivity contribution in [3.05, 3.63) is 66.2 Å². The minimum atomic E-state index is -0.639. The maximum absolute atomic E-state index is 14.9. The summed E-state index contributed by atoms with van der Waals surface area (Å²) in [6.45, 7) is 9.47. The molecule has 0 unspecified atom stereocenters. The van der Waals surface area contributed by atoms with Gasteiger partial charge in [0, 0.05) is 48.4 Å². The predicted molar refractivity (Wildman–Crippen MR) is 213 cm³/mol. The van der Waals surface area contributed by atoms with E-state index in [1.54, 1.807) is 18.2 Å². The minimum Gasteiger partial charge on any atom is -0.342 e. The molecule has 4 aliphatic heterocycles. The lowest BCUT2D eigenvalue weighted by Gasteiger charge is -2.48. The number of rotatable bonds is 7. The van der Waals surface area contributed by atoms with Crippen molar-refractivity contribution in [2.24, 2.45) is 5.92 Å². The fraction of sp³-hybridized carbons (Fsp3) is 0.524. The highest BCUT2D eigenvalue weighted by atomic mass is 35.5. The van der Waals surface area contributed by atoms with E-state index in [4.69, 9.17) is 9.97 Å². The molecule has 0 bridgehead atoms. The highest BCUT2D eigenvalue weighted by Crippen LogP contribution is 2.52. The Balaban J connectivity index is 0.00000413. The van der Waals surface area contributed by atoms with Gasteiger partial charge in [0.2, 0.25) is 11.8 Å². The predicted octanol–water partition coefficient (Wildman–Crippen LogP) is 7.21. The van der Waals surface area contributed by atoms with Gasteiger partial charge in [-0.2, -0.15) is 0 Å². The van der Waals surface area contributed by atoms with Gasteiger partial charge >= 0.3 is 0 Å². The number of amides is 2. The molecule has 3 saturated heterocycles. The van der Waals surface area contributed by atoms with Gasteiger partial charge in [-0.25, -0.2) is 14.4 Å². The molecule has 2 N–H and O–H groups in total. The molecule has 0 radical (unpaired) electrons. The van der Waals surface area contributed by atoms with Crippen molar-refractivity contribution in [1.29, 1.82) is 0 Å². The molecule has 6 heterocycles. The summed E-state index contributed by atoms with van der Waals surface area (Å²) in [4.78, 5) is 45.2. The average molecular weight is 755 g/mol. The van der Waals surface area contributed by atoms with Gasteiger partial charge in [0.25, 0.3) is 0 Å². The number of halogens is 2. The lowest BCUT2D eigenvalue weighted by atomic mass is 9.73. The van der Waals surface area contributed by atoms with Crippen LogP contribution in [0.3, 0.4) is 0 Å². The Morgan fingerprint density at radius 2 is 1.70 bits per heavy atom. The van der Waals surface area contributed by atoms with E-state index in [9.17, 15) is 14.0 Å². The summed E-state index contributed by atoms with van der Waals surface area (Å²) in [6.07, 6.45) is 10.7.